The molecule has 0 atom stereocenters. The largest absolute Gasteiger partial charge is 0.468 e. The molecule has 0 aromatic carbocycles. The summed E-state index contributed by atoms with van der Waals surface area (Å²) in [5.74, 6) is -0.189. The molecule has 3 rings (SSSR count). The van der Waals surface area contributed by atoms with E-state index in [1.807, 2.05) is 0 Å². The molecule has 0 N–H and O–H groups in total. The lowest BCUT2D eigenvalue weighted by molar-refractivity contribution is -0.142. The third kappa shape index (κ3) is 2.87. The second kappa shape index (κ2) is 6.27. The van der Waals surface area contributed by atoms with E-state index in [0.717, 1.165) is 49.6 Å². The highest BCUT2D eigenvalue weighted by Crippen LogP contribution is 2.22. The number of rotatable bonds is 4. The quantitative estimate of drug-likeness (QED) is 0.735. The summed E-state index contributed by atoms with van der Waals surface area (Å²) in [4.78, 5) is 15.7. The Morgan fingerprint density at radius 3 is 2.77 bits per heavy atom. The Morgan fingerprint density at radius 2 is 2.09 bits per heavy atom. The number of aryl methyl sites for hydroxylation is 1. The van der Waals surface area contributed by atoms with Crippen LogP contribution in [-0.4, -0.2) is 70.5 Å². The van der Waals surface area contributed by atoms with Gasteiger partial charge in [0, 0.05) is 26.2 Å². The van der Waals surface area contributed by atoms with Crippen molar-refractivity contribution in [1.29, 1.82) is 0 Å². The van der Waals surface area contributed by atoms with Gasteiger partial charge >= 0.3 is 5.97 Å². The number of esters is 1. The third-order valence-corrected chi connectivity index (χ3v) is 3.95. The lowest BCUT2D eigenvalue weighted by Crippen LogP contribution is -2.48. The van der Waals surface area contributed by atoms with Gasteiger partial charge in [-0.2, -0.15) is 9.61 Å². The van der Waals surface area contributed by atoms with Gasteiger partial charge in [-0.1, -0.05) is 6.92 Å². The number of methoxy groups -OCH3 is 1. The van der Waals surface area contributed by atoms with Crippen molar-refractivity contribution in [3.8, 4) is 0 Å². The Kier molecular flexibility index (Phi) is 4.19. The number of anilines is 1. The summed E-state index contributed by atoms with van der Waals surface area (Å²) in [5.41, 5.74) is 2.85. The fourth-order valence-electron chi connectivity index (χ4n) is 2.66. The van der Waals surface area contributed by atoms with E-state index in [2.05, 4.69) is 38.1 Å². The Hall–Kier alpha value is -2.22. The molecule has 0 spiro atoms. The zero-order chi connectivity index (χ0) is 15.5. The second-order valence-electron chi connectivity index (χ2n) is 5.31. The lowest BCUT2D eigenvalue weighted by atomic mass is 10.2. The van der Waals surface area contributed by atoms with Crippen LogP contribution in [0.2, 0.25) is 0 Å². The SMILES string of the molecule is CCc1cc(N2CCN(CC(=O)OC)CC2)c2nncn2n1. The van der Waals surface area contributed by atoms with Gasteiger partial charge in [0.2, 0.25) is 5.65 Å². The standard InChI is InChI=1S/C14H20N6O2/c1-3-11-8-12(14-16-15-10-20(14)17-11)19-6-4-18(5-7-19)9-13(21)22-2/h8,10H,3-7,9H2,1-2H3. The van der Waals surface area contributed by atoms with Gasteiger partial charge in [0.05, 0.1) is 25.0 Å². The molecule has 3 heterocycles. The number of aromatic nitrogens is 4. The predicted molar refractivity (Wildman–Crippen MR) is 80.8 cm³/mol. The minimum absolute atomic E-state index is 0.189. The fraction of sp³-hybridized carbons (Fsp3) is 0.571. The normalized spacial score (nSPS) is 16.2. The average Bonchev–Trinajstić information content (AvgIpc) is 3.03. The molecule has 0 saturated carbocycles. The monoisotopic (exact) mass is 304 g/mol. The number of carbonyl (C=O) groups is 1. The summed E-state index contributed by atoms with van der Waals surface area (Å²) >= 11 is 0. The fourth-order valence-corrected chi connectivity index (χ4v) is 2.66. The molecule has 1 aliphatic heterocycles. The van der Waals surface area contributed by atoms with Gasteiger partial charge in [-0.15, -0.1) is 10.2 Å². The van der Waals surface area contributed by atoms with Crippen molar-refractivity contribution >= 4 is 17.3 Å². The summed E-state index contributed by atoms with van der Waals surface area (Å²) in [6.07, 6.45) is 2.49. The van der Waals surface area contributed by atoms with Crippen LogP contribution in [-0.2, 0) is 16.0 Å². The maximum absolute atomic E-state index is 11.3. The Balaban J connectivity index is 1.76. The first-order valence-corrected chi connectivity index (χ1v) is 7.45. The highest BCUT2D eigenvalue weighted by atomic mass is 16.5. The molecule has 0 aliphatic carbocycles. The van der Waals surface area contributed by atoms with Gasteiger partial charge in [-0.3, -0.25) is 9.69 Å². The summed E-state index contributed by atoms with van der Waals surface area (Å²) < 4.78 is 6.45. The Labute approximate surface area is 128 Å². The Morgan fingerprint density at radius 1 is 1.32 bits per heavy atom. The zero-order valence-corrected chi connectivity index (χ0v) is 12.9. The molecule has 0 amide bonds. The first-order chi connectivity index (χ1) is 10.7. The summed E-state index contributed by atoms with van der Waals surface area (Å²) in [6, 6.07) is 2.08. The van der Waals surface area contributed by atoms with E-state index in [0.29, 0.717) is 6.54 Å². The molecule has 0 unspecified atom stereocenters. The van der Waals surface area contributed by atoms with Crippen molar-refractivity contribution in [3.05, 3.63) is 18.1 Å². The molecule has 22 heavy (non-hydrogen) atoms. The number of hydrogen-bond acceptors (Lipinski definition) is 7. The number of ether oxygens (including phenoxy) is 1. The van der Waals surface area contributed by atoms with E-state index < -0.39 is 0 Å². The van der Waals surface area contributed by atoms with Crippen molar-refractivity contribution in [2.24, 2.45) is 0 Å². The molecule has 1 fully saturated rings. The van der Waals surface area contributed by atoms with Crippen LogP contribution in [0.1, 0.15) is 12.6 Å². The molecule has 118 valence electrons. The van der Waals surface area contributed by atoms with Crippen LogP contribution in [0.15, 0.2) is 12.4 Å². The van der Waals surface area contributed by atoms with E-state index in [9.17, 15) is 4.79 Å². The summed E-state index contributed by atoms with van der Waals surface area (Å²) in [5, 5.41) is 12.6. The van der Waals surface area contributed by atoms with Crippen molar-refractivity contribution in [2.75, 3.05) is 44.7 Å². The number of carbonyl (C=O) groups excluding carboxylic acids is 1. The maximum Gasteiger partial charge on any atom is 0.319 e. The molecular weight excluding hydrogens is 284 g/mol. The van der Waals surface area contributed by atoms with Crippen LogP contribution < -0.4 is 4.90 Å². The van der Waals surface area contributed by atoms with E-state index in [-0.39, 0.29) is 5.97 Å². The van der Waals surface area contributed by atoms with E-state index >= 15 is 0 Å². The summed E-state index contributed by atoms with van der Waals surface area (Å²) in [7, 11) is 1.42. The van der Waals surface area contributed by atoms with Crippen LogP contribution in [0.4, 0.5) is 5.69 Å². The van der Waals surface area contributed by atoms with Gasteiger partial charge in [0.25, 0.3) is 0 Å². The second-order valence-corrected chi connectivity index (χ2v) is 5.31. The lowest BCUT2D eigenvalue weighted by Gasteiger charge is -2.35. The number of hydrogen-bond donors (Lipinski definition) is 0. The van der Waals surface area contributed by atoms with Crippen molar-refractivity contribution < 1.29 is 9.53 Å². The van der Waals surface area contributed by atoms with Gasteiger partial charge < -0.3 is 9.64 Å². The number of piperazine rings is 1. The van der Waals surface area contributed by atoms with Crippen LogP contribution in [0.5, 0.6) is 0 Å². The van der Waals surface area contributed by atoms with E-state index in [1.54, 1.807) is 10.8 Å². The molecule has 2 aromatic rings. The molecule has 1 saturated heterocycles. The molecular formula is C14H20N6O2. The zero-order valence-electron chi connectivity index (χ0n) is 12.9. The van der Waals surface area contributed by atoms with Crippen LogP contribution in [0, 0.1) is 0 Å². The smallest absolute Gasteiger partial charge is 0.319 e. The van der Waals surface area contributed by atoms with Crippen molar-refractivity contribution in [3.63, 3.8) is 0 Å². The molecule has 2 aromatic heterocycles. The Bertz CT molecular complexity index is 662. The van der Waals surface area contributed by atoms with Crippen LogP contribution in [0.25, 0.3) is 5.65 Å². The highest BCUT2D eigenvalue weighted by molar-refractivity contribution is 5.71. The van der Waals surface area contributed by atoms with Crippen molar-refractivity contribution in [1.82, 2.24) is 24.7 Å². The van der Waals surface area contributed by atoms with Crippen LogP contribution in [0.3, 0.4) is 0 Å². The average molecular weight is 304 g/mol. The maximum atomic E-state index is 11.3. The van der Waals surface area contributed by atoms with E-state index in [4.69, 9.17) is 4.74 Å². The topological polar surface area (TPSA) is 75.9 Å². The van der Waals surface area contributed by atoms with Gasteiger partial charge in [0.15, 0.2) is 0 Å². The number of nitrogens with zero attached hydrogens (tertiary/aromatic N) is 6. The molecule has 0 bridgehead atoms. The van der Waals surface area contributed by atoms with Crippen LogP contribution >= 0.6 is 0 Å². The predicted octanol–water partition coefficient (Wildman–Crippen LogP) is -0.0183. The minimum atomic E-state index is -0.189. The molecule has 8 heteroatoms. The first-order valence-electron chi connectivity index (χ1n) is 7.45. The van der Waals surface area contributed by atoms with Gasteiger partial charge in [0.1, 0.15) is 6.33 Å². The first kappa shape index (κ1) is 14.7. The molecule has 0 radical (unpaired) electrons. The van der Waals surface area contributed by atoms with Gasteiger partial charge in [-0.05, 0) is 12.5 Å². The third-order valence-electron chi connectivity index (χ3n) is 3.95. The number of fused-ring (bicyclic) bond motifs is 1. The van der Waals surface area contributed by atoms with E-state index in [1.165, 1.54) is 7.11 Å². The highest BCUT2D eigenvalue weighted by Gasteiger charge is 2.22. The van der Waals surface area contributed by atoms with Gasteiger partial charge in [-0.25, -0.2) is 0 Å². The van der Waals surface area contributed by atoms with Crippen molar-refractivity contribution in [2.45, 2.75) is 13.3 Å². The molecule has 8 nitrogen and oxygen atoms in total. The minimum Gasteiger partial charge on any atom is -0.468 e. The molecule has 1 aliphatic rings. The summed E-state index contributed by atoms with van der Waals surface area (Å²) in [6.45, 7) is 5.75.